The zero-order valence-corrected chi connectivity index (χ0v) is 13.1. The van der Waals surface area contributed by atoms with Crippen molar-refractivity contribution in [1.29, 1.82) is 0 Å². The van der Waals surface area contributed by atoms with Gasteiger partial charge in [0.1, 0.15) is 11.8 Å². The Morgan fingerprint density at radius 3 is 2.87 bits per heavy atom. The maximum atomic E-state index is 12.3. The summed E-state index contributed by atoms with van der Waals surface area (Å²) >= 11 is 0. The summed E-state index contributed by atoms with van der Waals surface area (Å²) in [6.07, 6.45) is 3.82. The fourth-order valence-corrected chi connectivity index (χ4v) is 2.70. The van der Waals surface area contributed by atoms with Gasteiger partial charge in [-0.25, -0.2) is 10.9 Å². The first-order chi connectivity index (χ1) is 11.1. The summed E-state index contributed by atoms with van der Waals surface area (Å²) in [6, 6.07) is 6.96. The van der Waals surface area contributed by atoms with Crippen molar-refractivity contribution in [3.8, 4) is 5.75 Å². The molecule has 4 N–H and O–H groups in total. The van der Waals surface area contributed by atoms with E-state index >= 15 is 0 Å². The topological polar surface area (TPSA) is 86.3 Å². The van der Waals surface area contributed by atoms with E-state index in [0.717, 1.165) is 16.7 Å². The van der Waals surface area contributed by atoms with Crippen LogP contribution in [0.15, 0.2) is 36.7 Å². The Kier molecular flexibility index (Phi) is 4.27. The third-order valence-corrected chi connectivity index (χ3v) is 4.26. The molecule has 3 rings (SSSR count). The number of hydrazine groups is 1. The number of rotatable bonds is 3. The van der Waals surface area contributed by atoms with E-state index in [-0.39, 0.29) is 23.7 Å². The second-order valence-corrected chi connectivity index (χ2v) is 5.81. The van der Waals surface area contributed by atoms with Gasteiger partial charge < -0.3 is 10.4 Å². The summed E-state index contributed by atoms with van der Waals surface area (Å²) in [4.78, 5) is 16.3. The summed E-state index contributed by atoms with van der Waals surface area (Å²) in [5.41, 5.74) is 9.46. The molecular formula is C17H20N4O2. The highest BCUT2D eigenvalue weighted by molar-refractivity contribution is 5.94. The maximum absolute atomic E-state index is 12.3. The lowest BCUT2D eigenvalue weighted by molar-refractivity contribution is -0.117. The number of nitrogens with one attached hydrogen (secondary N) is 3. The van der Waals surface area contributed by atoms with E-state index in [2.05, 4.69) is 21.2 Å². The Morgan fingerprint density at radius 2 is 2.13 bits per heavy atom. The molecule has 0 bridgehead atoms. The highest BCUT2D eigenvalue weighted by atomic mass is 16.3. The van der Waals surface area contributed by atoms with Crippen LogP contribution in [0.3, 0.4) is 0 Å². The van der Waals surface area contributed by atoms with E-state index in [0.29, 0.717) is 12.1 Å². The van der Waals surface area contributed by atoms with Crippen LogP contribution in [-0.4, -0.2) is 22.0 Å². The second kappa shape index (κ2) is 6.36. The van der Waals surface area contributed by atoms with Gasteiger partial charge >= 0.3 is 0 Å². The Labute approximate surface area is 134 Å². The highest BCUT2D eigenvalue weighted by Crippen LogP contribution is 2.33. The number of hydrogen-bond donors (Lipinski definition) is 4. The minimum Gasteiger partial charge on any atom is -0.507 e. The van der Waals surface area contributed by atoms with E-state index in [1.54, 1.807) is 24.5 Å². The molecule has 2 atom stereocenters. The highest BCUT2D eigenvalue weighted by Gasteiger charge is 2.31. The first-order valence-electron chi connectivity index (χ1n) is 7.57. The first kappa shape index (κ1) is 15.5. The molecular weight excluding hydrogens is 292 g/mol. The van der Waals surface area contributed by atoms with E-state index < -0.39 is 0 Å². The summed E-state index contributed by atoms with van der Waals surface area (Å²) in [5.74, 6) is 0.161. The van der Waals surface area contributed by atoms with E-state index in [1.807, 2.05) is 26.0 Å². The molecule has 6 heteroatoms. The predicted octanol–water partition coefficient (Wildman–Crippen LogP) is 1.95. The van der Waals surface area contributed by atoms with Gasteiger partial charge in [0.2, 0.25) is 5.91 Å². The van der Waals surface area contributed by atoms with Crippen molar-refractivity contribution in [1.82, 2.24) is 15.8 Å². The van der Waals surface area contributed by atoms with Crippen LogP contribution in [0, 0.1) is 13.8 Å². The molecule has 1 amide bonds. The molecule has 2 heterocycles. The molecule has 1 saturated heterocycles. The first-order valence-corrected chi connectivity index (χ1v) is 7.57. The van der Waals surface area contributed by atoms with E-state index in [1.165, 1.54) is 0 Å². The normalized spacial score (nSPS) is 20.4. The largest absolute Gasteiger partial charge is 0.507 e. The molecule has 6 nitrogen and oxygen atoms in total. The Balaban J connectivity index is 1.69. The Morgan fingerprint density at radius 1 is 1.30 bits per heavy atom. The molecule has 0 radical (unpaired) electrons. The maximum Gasteiger partial charge on any atom is 0.242 e. The molecule has 2 unspecified atom stereocenters. The zero-order valence-electron chi connectivity index (χ0n) is 13.1. The summed E-state index contributed by atoms with van der Waals surface area (Å²) in [7, 11) is 0. The van der Waals surface area contributed by atoms with Gasteiger partial charge in [-0.1, -0.05) is 12.1 Å². The number of aromatic hydroxyl groups is 1. The van der Waals surface area contributed by atoms with Crippen molar-refractivity contribution >= 4 is 11.6 Å². The number of pyridine rings is 1. The molecule has 1 aromatic heterocycles. The van der Waals surface area contributed by atoms with Crippen molar-refractivity contribution in [2.24, 2.45) is 0 Å². The van der Waals surface area contributed by atoms with E-state index in [9.17, 15) is 9.90 Å². The van der Waals surface area contributed by atoms with Gasteiger partial charge in [0.15, 0.2) is 0 Å². The molecule has 1 fully saturated rings. The quantitative estimate of drug-likeness (QED) is 0.696. The molecule has 23 heavy (non-hydrogen) atoms. The third kappa shape index (κ3) is 3.18. The lowest BCUT2D eigenvalue weighted by atomic mass is 9.96. The van der Waals surface area contributed by atoms with Gasteiger partial charge in [-0.2, -0.15) is 0 Å². The van der Waals surface area contributed by atoms with Crippen LogP contribution in [-0.2, 0) is 4.79 Å². The van der Waals surface area contributed by atoms with Crippen molar-refractivity contribution in [3.63, 3.8) is 0 Å². The standard InChI is InChI=1S/C17H20N4O2/c1-10-5-6-13(16(22)11(10)2)14-8-15(21-20-14)17(23)19-12-4-3-7-18-9-12/h3-7,9,14-15,20-22H,8H2,1-2H3,(H,19,23). The number of hydrogen-bond acceptors (Lipinski definition) is 5. The average molecular weight is 312 g/mol. The molecule has 0 spiro atoms. The zero-order chi connectivity index (χ0) is 16.4. The predicted molar refractivity (Wildman–Crippen MR) is 87.9 cm³/mol. The summed E-state index contributed by atoms with van der Waals surface area (Å²) in [5, 5.41) is 13.1. The van der Waals surface area contributed by atoms with Gasteiger partial charge in [0, 0.05) is 11.8 Å². The number of carbonyl (C=O) groups excluding carboxylic acids is 1. The number of amides is 1. The number of carbonyl (C=O) groups is 1. The number of phenols is 1. The second-order valence-electron chi connectivity index (χ2n) is 5.81. The minimum absolute atomic E-state index is 0.112. The van der Waals surface area contributed by atoms with Crippen LogP contribution >= 0.6 is 0 Å². The van der Waals surface area contributed by atoms with Crippen molar-refractivity contribution in [3.05, 3.63) is 53.3 Å². The van der Waals surface area contributed by atoms with Gasteiger partial charge in [0.25, 0.3) is 0 Å². The molecule has 1 aliphatic rings. The SMILES string of the molecule is Cc1ccc(C2CC(C(=O)Nc3cccnc3)NN2)c(O)c1C. The smallest absolute Gasteiger partial charge is 0.242 e. The van der Waals surface area contributed by atoms with Crippen LogP contribution < -0.4 is 16.2 Å². The fourth-order valence-electron chi connectivity index (χ4n) is 2.70. The third-order valence-electron chi connectivity index (χ3n) is 4.26. The van der Waals surface area contributed by atoms with Crippen LogP contribution in [0.4, 0.5) is 5.69 Å². The van der Waals surface area contributed by atoms with Crippen LogP contribution in [0.1, 0.15) is 29.2 Å². The number of phenolic OH excluding ortho intramolecular Hbond substituents is 1. The number of anilines is 1. The fraction of sp³-hybridized carbons (Fsp3) is 0.294. The average Bonchev–Trinajstić information content (AvgIpc) is 3.03. The summed E-state index contributed by atoms with van der Waals surface area (Å²) < 4.78 is 0. The van der Waals surface area contributed by atoms with Gasteiger partial charge in [0.05, 0.1) is 17.9 Å². The van der Waals surface area contributed by atoms with Crippen molar-refractivity contribution in [2.45, 2.75) is 32.4 Å². The molecule has 2 aromatic rings. The number of benzene rings is 1. The summed E-state index contributed by atoms with van der Waals surface area (Å²) in [6.45, 7) is 3.85. The van der Waals surface area contributed by atoms with Gasteiger partial charge in [-0.15, -0.1) is 0 Å². The molecule has 0 saturated carbocycles. The Hall–Kier alpha value is -2.44. The Bertz CT molecular complexity index is 718. The number of aromatic nitrogens is 1. The monoisotopic (exact) mass is 312 g/mol. The van der Waals surface area contributed by atoms with Gasteiger partial charge in [-0.05, 0) is 43.5 Å². The van der Waals surface area contributed by atoms with Gasteiger partial charge in [-0.3, -0.25) is 9.78 Å². The minimum atomic E-state index is -0.374. The van der Waals surface area contributed by atoms with Crippen LogP contribution in [0.2, 0.25) is 0 Å². The molecule has 1 aliphatic heterocycles. The molecule has 0 aliphatic carbocycles. The molecule has 120 valence electrons. The van der Waals surface area contributed by atoms with Crippen molar-refractivity contribution in [2.75, 3.05) is 5.32 Å². The van der Waals surface area contributed by atoms with Crippen LogP contribution in [0.25, 0.3) is 0 Å². The lowest BCUT2D eigenvalue weighted by Crippen LogP contribution is -2.39. The molecule has 1 aromatic carbocycles. The lowest BCUT2D eigenvalue weighted by Gasteiger charge is -2.15. The van der Waals surface area contributed by atoms with Crippen LogP contribution in [0.5, 0.6) is 5.75 Å². The van der Waals surface area contributed by atoms with Crippen molar-refractivity contribution < 1.29 is 9.90 Å². The number of aryl methyl sites for hydroxylation is 1. The number of nitrogens with zero attached hydrogens (tertiary/aromatic N) is 1. The van der Waals surface area contributed by atoms with E-state index in [4.69, 9.17) is 0 Å².